The van der Waals surface area contributed by atoms with E-state index >= 15 is 0 Å². The predicted octanol–water partition coefficient (Wildman–Crippen LogP) is 3.11. The number of rotatable bonds is 8. The molecule has 34 heavy (non-hydrogen) atoms. The highest BCUT2D eigenvalue weighted by molar-refractivity contribution is 7.99. The average Bonchev–Trinajstić information content (AvgIpc) is 3.27. The average molecular weight is 495 g/mol. The summed E-state index contributed by atoms with van der Waals surface area (Å²) in [5.41, 5.74) is 2.23. The first kappa shape index (κ1) is 23.3. The largest absolute Gasteiger partial charge is 0.545 e. The van der Waals surface area contributed by atoms with Gasteiger partial charge in [0.1, 0.15) is 11.4 Å². The second-order valence-corrected chi connectivity index (χ2v) is 8.48. The molecule has 172 valence electrons. The number of methoxy groups -OCH3 is 1. The molecular formula is C24H19ClN4O4S. The first-order chi connectivity index (χ1) is 16.4. The number of aromatic amines is 1. The number of halogens is 1. The van der Waals surface area contributed by atoms with Crippen LogP contribution in [0, 0.1) is 0 Å². The number of H-pyrrole nitrogens is 1. The summed E-state index contributed by atoms with van der Waals surface area (Å²) in [6.07, 6.45) is 0. The lowest BCUT2D eigenvalue weighted by Crippen LogP contribution is -2.34. The normalized spacial score (nSPS) is 10.6. The van der Waals surface area contributed by atoms with E-state index in [2.05, 4.69) is 15.5 Å². The zero-order chi connectivity index (χ0) is 24.1. The Bertz CT molecular complexity index is 1310. The lowest BCUT2D eigenvalue weighted by atomic mass is 10.2. The van der Waals surface area contributed by atoms with Gasteiger partial charge in [-0.15, -0.1) is 5.10 Å². The smallest absolute Gasteiger partial charge is 0.342 e. The Labute approximate surface area is 204 Å². The summed E-state index contributed by atoms with van der Waals surface area (Å²) in [5, 5.41) is 22.3. The van der Waals surface area contributed by atoms with Gasteiger partial charge >= 0.3 is 5.16 Å². The van der Waals surface area contributed by atoms with Crippen LogP contribution in [-0.4, -0.2) is 34.9 Å². The highest BCUT2D eigenvalue weighted by Gasteiger charge is 2.24. The fourth-order valence-electron chi connectivity index (χ4n) is 3.18. The van der Waals surface area contributed by atoms with Crippen molar-refractivity contribution in [3.8, 4) is 22.8 Å². The number of benzene rings is 3. The van der Waals surface area contributed by atoms with E-state index in [0.717, 1.165) is 22.8 Å². The molecule has 8 nitrogen and oxygen atoms in total. The maximum Gasteiger partial charge on any atom is 0.342 e. The van der Waals surface area contributed by atoms with Crippen LogP contribution in [0.4, 0.5) is 5.69 Å². The maximum absolute atomic E-state index is 12.5. The van der Waals surface area contributed by atoms with Crippen LogP contribution in [0.25, 0.3) is 17.1 Å². The van der Waals surface area contributed by atoms with Crippen LogP contribution in [-0.2, 0) is 4.79 Å². The van der Waals surface area contributed by atoms with Gasteiger partial charge < -0.3 is 20.0 Å². The fourth-order valence-corrected chi connectivity index (χ4v) is 4.08. The number of carboxylic acids is 1. The van der Waals surface area contributed by atoms with Gasteiger partial charge in [-0.3, -0.25) is 4.79 Å². The molecular weight excluding hydrogens is 476 g/mol. The Morgan fingerprint density at radius 2 is 1.74 bits per heavy atom. The van der Waals surface area contributed by atoms with Crippen molar-refractivity contribution in [3.63, 3.8) is 0 Å². The number of anilines is 1. The van der Waals surface area contributed by atoms with E-state index in [-0.39, 0.29) is 17.2 Å². The van der Waals surface area contributed by atoms with Gasteiger partial charge in [0, 0.05) is 10.7 Å². The van der Waals surface area contributed by atoms with Crippen molar-refractivity contribution in [1.82, 2.24) is 10.2 Å². The van der Waals surface area contributed by atoms with Gasteiger partial charge in [0.15, 0.2) is 0 Å². The second-order valence-electron chi connectivity index (χ2n) is 7.10. The number of hydrogen-bond donors (Lipinski definition) is 2. The summed E-state index contributed by atoms with van der Waals surface area (Å²) < 4.78 is 7.15. The molecule has 1 heterocycles. The van der Waals surface area contributed by atoms with Crippen LogP contribution in [0.3, 0.4) is 0 Å². The molecule has 0 fully saturated rings. The monoisotopic (exact) mass is 494 g/mol. The van der Waals surface area contributed by atoms with E-state index in [4.69, 9.17) is 16.3 Å². The summed E-state index contributed by atoms with van der Waals surface area (Å²) >= 11 is 7.32. The SMILES string of the molecule is COc1ccc(-c2[nH]nc(SCC(=O)Nc3ccc(C(=O)[O-])cc3)[n+]2-c2ccc(Cl)cc2)cc1. The molecule has 1 aromatic heterocycles. The van der Waals surface area contributed by atoms with Crippen molar-refractivity contribution < 1.29 is 24.0 Å². The van der Waals surface area contributed by atoms with E-state index in [1.54, 1.807) is 19.2 Å². The third-order valence-electron chi connectivity index (χ3n) is 4.86. The number of ether oxygens (including phenoxy) is 1. The minimum Gasteiger partial charge on any atom is -0.545 e. The number of carbonyl (C=O) groups is 2. The van der Waals surface area contributed by atoms with Gasteiger partial charge in [0.05, 0.1) is 29.5 Å². The van der Waals surface area contributed by atoms with Gasteiger partial charge in [-0.25, -0.2) is 0 Å². The highest BCUT2D eigenvalue weighted by atomic mass is 35.5. The lowest BCUT2D eigenvalue weighted by Gasteiger charge is -2.07. The first-order valence-electron chi connectivity index (χ1n) is 10.1. The molecule has 0 saturated carbocycles. The number of nitrogens with one attached hydrogen (secondary N) is 2. The third kappa shape index (κ3) is 5.38. The molecule has 1 amide bonds. The molecule has 4 rings (SSSR count). The minimum absolute atomic E-state index is 0.0407. The van der Waals surface area contributed by atoms with Crippen LogP contribution in [0.1, 0.15) is 10.4 Å². The first-order valence-corrected chi connectivity index (χ1v) is 11.5. The van der Waals surface area contributed by atoms with Crippen LogP contribution in [0.2, 0.25) is 5.02 Å². The van der Waals surface area contributed by atoms with Gasteiger partial charge in [-0.05, 0) is 78.0 Å². The number of aromatic carboxylic acids is 1. The summed E-state index contributed by atoms with van der Waals surface area (Å²) in [4.78, 5) is 23.4. The third-order valence-corrected chi connectivity index (χ3v) is 6.05. The van der Waals surface area contributed by atoms with Crippen molar-refractivity contribution in [1.29, 1.82) is 0 Å². The molecule has 4 aromatic rings. The van der Waals surface area contributed by atoms with Gasteiger partial charge in [-0.2, -0.15) is 4.57 Å². The lowest BCUT2D eigenvalue weighted by molar-refractivity contribution is -0.625. The van der Waals surface area contributed by atoms with E-state index in [0.29, 0.717) is 15.9 Å². The molecule has 0 saturated heterocycles. The summed E-state index contributed by atoms with van der Waals surface area (Å²) in [5.74, 6) is 0.0168. The van der Waals surface area contributed by atoms with E-state index in [1.807, 2.05) is 41.0 Å². The quantitative estimate of drug-likeness (QED) is 0.287. The summed E-state index contributed by atoms with van der Waals surface area (Å²) in [6.45, 7) is 0. The number of thioether (sulfide) groups is 1. The van der Waals surface area contributed by atoms with Crippen molar-refractivity contribution >= 4 is 40.9 Å². The number of carbonyl (C=O) groups excluding carboxylic acids is 2. The molecule has 0 unspecified atom stereocenters. The number of nitrogens with zero attached hydrogens (tertiary/aromatic N) is 2. The van der Waals surface area contributed by atoms with Crippen molar-refractivity contribution in [2.75, 3.05) is 18.2 Å². The number of hydrogen-bond acceptors (Lipinski definition) is 6. The zero-order valence-electron chi connectivity index (χ0n) is 17.9. The Kier molecular flexibility index (Phi) is 7.15. The standard InChI is InChI=1S/C24H19ClN4O4S/c1-33-20-12-4-15(5-13-20)22-27-28-24(29(22)19-10-6-17(25)7-11-19)34-14-21(30)26-18-8-2-16(3-9-18)23(31)32/h2-13H,14H2,1H3,(H2,26,30,31,32). The molecule has 0 aliphatic carbocycles. The molecule has 0 radical (unpaired) electrons. The van der Waals surface area contributed by atoms with Crippen molar-refractivity contribution in [2.24, 2.45) is 0 Å². The molecule has 10 heteroatoms. The Hall–Kier alpha value is -3.82. The van der Waals surface area contributed by atoms with Gasteiger partial charge in [-0.1, -0.05) is 23.7 Å². The van der Waals surface area contributed by atoms with E-state index in [9.17, 15) is 14.7 Å². The Morgan fingerprint density at radius 3 is 2.35 bits per heavy atom. The number of aromatic nitrogens is 3. The molecule has 0 atom stereocenters. The van der Waals surface area contributed by atoms with Gasteiger partial charge in [0.2, 0.25) is 5.91 Å². The summed E-state index contributed by atoms with van der Waals surface area (Å²) in [7, 11) is 1.61. The highest BCUT2D eigenvalue weighted by Crippen LogP contribution is 2.23. The maximum atomic E-state index is 12.5. The van der Waals surface area contributed by atoms with Crippen LogP contribution >= 0.6 is 23.4 Å². The van der Waals surface area contributed by atoms with E-state index < -0.39 is 5.97 Å². The molecule has 2 N–H and O–H groups in total. The summed E-state index contributed by atoms with van der Waals surface area (Å²) in [6, 6.07) is 20.6. The predicted molar refractivity (Wildman–Crippen MR) is 127 cm³/mol. The zero-order valence-corrected chi connectivity index (χ0v) is 19.5. The second kappa shape index (κ2) is 10.4. The van der Waals surface area contributed by atoms with Gasteiger partial charge in [0.25, 0.3) is 5.82 Å². The van der Waals surface area contributed by atoms with Crippen molar-refractivity contribution in [3.05, 3.63) is 83.4 Å². The minimum atomic E-state index is -1.27. The Morgan fingerprint density at radius 1 is 1.06 bits per heavy atom. The molecule has 3 aromatic carbocycles. The van der Waals surface area contributed by atoms with Crippen LogP contribution in [0.5, 0.6) is 5.75 Å². The molecule has 0 aliphatic rings. The topological polar surface area (TPSA) is 111 Å². The van der Waals surface area contributed by atoms with Crippen LogP contribution < -0.4 is 19.7 Å². The number of carboxylic acid groups (broad SMARTS) is 1. The number of amides is 1. The van der Waals surface area contributed by atoms with E-state index in [1.165, 1.54) is 36.0 Å². The van der Waals surface area contributed by atoms with Crippen LogP contribution in [0.15, 0.2) is 78.0 Å². The molecule has 0 spiro atoms. The molecule has 0 bridgehead atoms. The molecule has 0 aliphatic heterocycles. The fraction of sp³-hybridized carbons (Fsp3) is 0.0833. The van der Waals surface area contributed by atoms with Crippen molar-refractivity contribution in [2.45, 2.75) is 5.16 Å². The Balaban J connectivity index is 1.56.